The Morgan fingerprint density at radius 2 is 2.08 bits per heavy atom. The molecule has 1 aromatic heterocycles. The van der Waals surface area contributed by atoms with Gasteiger partial charge in [-0.15, -0.1) is 0 Å². The molecule has 0 spiro atoms. The van der Waals surface area contributed by atoms with E-state index in [9.17, 15) is 18.3 Å². The number of hydrogen-bond acceptors (Lipinski definition) is 7. The number of carbonyl (C=O) groups is 1. The van der Waals surface area contributed by atoms with Crippen LogP contribution in [0.25, 0.3) is 0 Å². The lowest BCUT2D eigenvalue weighted by atomic mass is 10.00. The fourth-order valence-corrected chi connectivity index (χ4v) is 3.85. The van der Waals surface area contributed by atoms with Crippen molar-refractivity contribution in [2.45, 2.75) is 11.3 Å². The van der Waals surface area contributed by atoms with E-state index in [-0.39, 0.29) is 32.5 Å². The molecule has 0 saturated heterocycles. The van der Waals surface area contributed by atoms with Crippen LogP contribution in [0.1, 0.15) is 27.9 Å². The molecule has 3 rings (SSSR count). The summed E-state index contributed by atoms with van der Waals surface area (Å²) in [6, 6.07) is 2.62. The number of aryl methyl sites for hydroxylation is 1. The summed E-state index contributed by atoms with van der Waals surface area (Å²) in [5.74, 6) is -0.882. The number of aromatic hydroxyl groups is 1. The number of oxime groups is 1. The normalized spacial score (nSPS) is 14.3. The maximum absolute atomic E-state index is 12.7. The van der Waals surface area contributed by atoms with Crippen molar-refractivity contribution in [3.8, 4) is 5.88 Å². The lowest BCUT2D eigenvalue weighted by molar-refractivity contribution is 0.103. The lowest BCUT2D eigenvalue weighted by Crippen LogP contribution is -2.12. The maximum atomic E-state index is 12.7. The Kier molecular flexibility index (Phi) is 4.29. The molecule has 2 aromatic rings. The molecule has 132 valence electrons. The monoisotopic (exact) mass is 383 g/mol. The fraction of sp³-hybridized carbons (Fsp3) is 0.267. The van der Waals surface area contributed by atoms with Gasteiger partial charge in [-0.3, -0.25) is 4.79 Å². The number of nitrogens with zero attached hydrogens (tertiary/aromatic N) is 3. The highest BCUT2D eigenvalue weighted by molar-refractivity contribution is 7.90. The molecular formula is C15H14ClN3O5S. The average molecular weight is 384 g/mol. The van der Waals surface area contributed by atoms with Gasteiger partial charge in [0.25, 0.3) is 0 Å². The van der Waals surface area contributed by atoms with Crippen LogP contribution in [0, 0.1) is 0 Å². The summed E-state index contributed by atoms with van der Waals surface area (Å²) in [6.45, 7) is 0.302. The number of ketones is 1. The van der Waals surface area contributed by atoms with Crippen LogP contribution in [0.3, 0.4) is 0 Å². The van der Waals surface area contributed by atoms with E-state index in [0.717, 1.165) is 10.9 Å². The Labute approximate surface area is 148 Å². The van der Waals surface area contributed by atoms with Crippen molar-refractivity contribution in [3.63, 3.8) is 0 Å². The summed E-state index contributed by atoms with van der Waals surface area (Å²) >= 11 is 6.37. The van der Waals surface area contributed by atoms with Crippen molar-refractivity contribution in [2.24, 2.45) is 12.2 Å². The topological polar surface area (TPSA) is 111 Å². The number of rotatable bonds is 4. The molecule has 0 atom stereocenters. The summed E-state index contributed by atoms with van der Waals surface area (Å²) in [6.07, 6.45) is 2.64. The third-order valence-electron chi connectivity index (χ3n) is 3.79. The second-order valence-electron chi connectivity index (χ2n) is 5.53. The van der Waals surface area contributed by atoms with Gasteiger partial charge >= 0.3 is 0 Å². The summed E-state index contributed by atoms with van der Waals surface area (Å²) in [5.41, 5.74) is 0.514. The van der Waals surface area contributed by atoms with E-state index in [0.29, 0.717) is 18.7 Å². The molecule has 2 heterocycles. The first-order valence-corrected chi connectivity index (χ1v) is 9.46. The average Bonchev–Trinajstić information content (AvgIpc) is 3.17. The van der Waals surface area contributed by atoms with Crippen LogP contribution in [-0.4, -0.2) is 47.7 Å². The van der Waals surface area contributed by atoms with Crippen LogP contribution in [0.5, 0.6) is 5.88 Å². The zero-order chi connectivity index (χ0) is 18.4. The highest BCUT2D eigenvalue weighted by Gasteiger charge is 2.28. The number of hydrogen-bond donors (Lipinski definition) is 1. The summed E-state index contributed by atoms with van der Waals surface area (Å²) in [5, 5.41) is 17.5. The molecule has 25 heavy (non-hydrogen) atoms. The van der Waals surface area contributed by atoms with Crippen molar-refractivity contribution >= 4 is 32.9 Å². The molecule has 0 amide bonds. The van der Waals surface area contributed by atoms with Crippen molar-refractivity contribution in [1.82, 2.24) is 9.78 Å². The van der Waals surface area contributed by atoms with E-state index in [1.165, 1.54) is 25.4 Å². The van der Waals surface area contributed by atoms with Crippen LogP contribution in [-0.2, 0) is 21.7 Å². The first kappa shape index (κ1) is 17.4. The maximum Gasteiger partial charge on any atom is 0.220 e. The highest BCUT2D eigenvalue weighted by Crippen LogP contribution is 2.33. The molecule has 1 aromatic carbocycles. The molecule has 0 saturated carbocycles. The summed E-state index contributed by atoms with van der Waals surface area (Å²) < 4.78 is 25.3. The minimum Gasteiger partial charge on any atom is -0.493 e. The lowest BCUT2D eigenvalue weighted by Gasteiger charge is -2.12. The largest absolute Gasteiger partial charge is 0.493 e. The fourth-order valence-electron chi connectivity index (χ4n) is 2.53. The zero-order valence-electron chi connectivity index (χ0n) is 13.4. The van der Waals surface area contributed by atoms with Crippen LogP contribution in [0.2, 0.25) is 5.02 Å². The van der Waals surface area contributed by atoms with E-state index >= 15 is 0 Å². The second kappa shape index (κ2) is 6.16. The van der Waals surface area contributed by atoms with Gasteiger partial charge in [0.15, 0.2) is 9.84 Å². The van der Waals surface area contributed by atoms with E-state index < -0.39 is 15.6 Å². The van der Waals surface area contributed by atoms with Gasteiger partial charge in [0.05, 0.1) is 21.8 Å². The van der Waals surface area contributed by atoms with E-state index in [2.05, 4.69) is 10.3 Å². The molecule has 0 fully saturated rings. The Morgan fingerprint density at radius 1 is 1.36 bits per heavy atom. The molecule has 10 heteroatoms. The van der Waals surface area contributed by atoms with Gasteiger partial charge in [0.2, 0.25) is 11.7 Å². The van der Waals surface area contributed by atoms with Gasteiger partial charge in [-0.1, -0.05) is 16.8 Å². The third kappa shape index (κ3) is 3.00. The number of benzene rings is 1. The van der Waals surface area contributed by atoms with Crippen LogP contribution in [0.4, 0.5) is 0 Å². The number of carbonyl (C=O) groups excluding carboxylic acids is 1. The van der Waals surface area contributed by atoms with Crippen LogP contribution >= 0.6 is 11.6 Å². The van der Waals surface area contributed by atoms with Crippen molar-refractivity contribution < 1.29 is 23.2 Å². The molecule has 0 aliphatic carbocycles. The standard InChI is InChI=1S/C15H14ClN3O5S/c1-19-15(21)9(7-17-19)14(20)8-3-4-11(25(2,22)23)12(13(8)16)10-5-6-24-18-10/h3-4,7,21H,5-6H2,1-2H3. The highest BCUT2D eigenvalue weighted by atomic mass is 35.5. The third-order valence-corrected chi connectivity index (χ3v) is 5.33. The van der Waals surface area contributed by atoms with Crippen LogP contribution < -0.4 is 0 Å². The van der Waals surface area contributed by atoms with Gasteiger partial charge in [-0.2, -0.15) is 5.10 Å². The Balaban J connectivity index is 2.22. The van der Waals surface area contributed by atoms with Gasteiger partial charge in [-0.25, -0.2) is 13.1 Å². The van der Waals surface area contributed by atoms with Gasteiger partial charge in [0.1, 0.15) is 12.2 Å². The first-order valence-electron chi connectivity index (χ1n) is 7.19. The molecular weight excluding hydrogens is 370 g/mol. The van der Waals surface area contributed by atoms with Gasteiger partial charge in [-0.05, 0) is 12.1 Å². The molecule has 0 unspecified atom stereocenters. The van der Waals surface area contributed by atoms with Crippen molar-refractivity contribution in [3.05, 3.63) is 40.0 Å². The summed E-state index contributed by atoms with van der Waals surface area (Å²) in [4.78, 5) is 17.6. The Hall–Kier alpha value is -2.39. The van der Waals surface area contributed by atoms with Gasteiger partial charge in [0, 0.05) is 30.9 Å². The molecule has 0 bridgehead atoms. The van der Waals surface area contributed by atoms with E-state index in [1.807, 2.05) is 0 Å². The van der Waals surface area contributed by atoms with E-state index in [4.69, 9.17) is 16.4 Å². The van der Waals surface area contributed by atoms with Crippen LogP contribution in [0.15, 0.2) is 28.4 Å². The predicted octanol–water partition coefficient (Wildman–Crippen LogP) is 1.54. The predicted molar refractivity (Wildman–Crippen MR) is 90.0 cm³/mol. The van der Waals surface area contributed by atoms with Crippen molar-refractivity contribution in [2.75, 3.05) is 12.9 Å². The molecule has 1 aliphatic heterocycles. The number of halogens is 1. The number of sulfone groups is 1. The smallest absolute Gasteiger partial charge is 0.220 e. The van der Waals surface area contributed by atoms with Crippen molar-refractivity contribution in [1.29, 1.82) is 0 Å². The minimum absolute atomic E-state index is 0.0336. The minimum atomic E-state index is -3.60. The molecule has 1 N–H and O–H groups in total. The molecule has 8 nitrogen and oxygen atoms in total. The molecule has 1 aliphatic rings. The first-order chi connectivity index (χ1) is 11.7. The quantitative estimate of drug-likeness (QED) is 0.801. The summed E-state index contributed by atoms with van der Waals surface area (Å²) in [7, 11) is -2.12. The van der Waals surface area contributed by atoms with Gasteiger partial charge < -0.3 is 9.94 Å². The number of aromatic nitrogens is 2. The zero-order valence-corrected chi connectivity index (χ0v) is 14.9. The Morgan fingerprint density at radius 3 is 2.60 bits per heavy atom. The van der Waals surface area contributed by atoms with E-state index in [1.54, 1.807) is 0 Å². The second-order valence-corrected chi connectivity index (χ2v) is 7.89. The SMILES string of the molecule is Cn1ncc(C(=O)c2ccc(S(C)(=O)=O)c(C3=NOCC3)c2Cl)c1O. The Bertz CT molecular complexity index is 1010. The molecule has 0 radical (unpaired) electrons.